The molecule has 1 rings (SSSR count). The summed E-state index contributed by atoms with van der Waals surface area (Å²) in [5.41, 5.74) is 0.109. The molecule has 1 heterocycles. The van der Waals surface area contributed by atoms with Crippen molar-refractivity contribution in [2.24, 2.45) is 0 Å². The molecule has 1 saturated heterocycles. The lowest BCUT2D eigenvalue weighted by atomic mass is 9.96. The minimum Gasteiger partial charge on any atom is -0.374 e. The third kappa shape index (κ3) is 8.97. The van der Waals surface area contributed by atoms with Gasteiger partial charge in [0.15, 0.2) is 0 Å². The molecule has 2 heteroatoms. The van der Waals surface area contributed by atoms with Crippen LogP contribution in [0.15, 0.2) is 0 Å². The van der Waals surface area contributed by atoms with E-state index in [1.807, 2.05) is 0 Å². The van der Waals surface area contributed by atoms with Gasteiger partial charge in [-0.05, 0) is 32.7 Å². The average molecular weight is 283 g/mol. The van der Waals surface area contributed by atoms with Crippen molar-refractivity contribution < 1.29 is 4.74 Å². The van der Waals surface area contributed by atoms with Gasteiger partial charge >= 0.3 is 0 Å². The molecule has 0 aromatic heterocycles. The van der Waals surface area contributed by atoms with Crippen LogP contribution in [0.3, 0.4) is 0 Å². The van der Waals surface area contributed by atoms with Crippen LogP contribution in [-0.4, -0.2) is 25.3 Å². The molecule has 0 aliphatic carbocycles. The zero-order valence-corrected chi connectivity index (χ0v) is 14.0. The standard InChI is InChI=1S/C18H37NO/c1-3-4-5-6-7-8-9-10-11-12-16-20-18(2)14-13-15-19-17-18/h19H,3-17H2,1-2H3. The fourth-order valence-corrected chi connectivity index (χ4v) is 3.06. The van der Waals surface area contributed by atoms with Crippen molar-refractivity contribution in [3.8, 4) is 0 Å². The fourth-order valence-electron chi connectivity index (χ4n) is 3.06. The van der Waals surface area contributed by atoms with E-state index in [9.17, 15) is 0 Å². The number of unbranched alkanes of at least 4 members (excludes halogenated alkanes) is 9. The smallest absolute Gasteiger partial charge is 0.0778 e. The zero-order valence-electron chi connectivity index (χ0n) is 14.0. The van der Waals surface area contributed by atoms with Gasteiger partial charge in [0, 0.05) is 13.2 Å². The monoisotopic (exact) mass is 283 g/mol. The first kappa shape index (κ1) is 18.0. The molecule has 0 aromatic rings. The highest BCUT2D eigenvalue weighted by atomic mass is 16.5. The van der Waals surface area contributed by atoms with E-state index in [1.54, 1.807) is 0 Å². The molecule has 20 heavy (non-hydrogen) atoms. The third-order valence-corrected chi connectivity index (χ3v) is 4.51. The van der Waals surface area contributed by atoms with E-state index in [2.05, 4.69) is 19.2 Å². The summed E-state index contributed by atoms with van der Waals surface area (Å²) in [6.45, 7) is 7.69. The van der Waals surface area contributed by atoms with E-state index in [0.29, 0.717) is 0 Å². The third-order valence-electron chi connectivity index (χ3n) is 4.51. The Morgan fingerprint density at radius 2 is 1.50 bits per heavy atom. The molecular formula is C18H37NO. The van der Waals surface area contributed by atoms with Gasteiger partial charge in [-0.25, -0.2) is 0 Å². The molecule has 1 N–H and O–H groups in total. The summed E-state index contributed by atoms with van der Waals surface area (Å²) >= 11 is 0. The van der Waals surface area contributed by atoms with Crippen molar-refractivity contribution in [1.29, 1.82) is 0 Å². The topological polar surface area (TPSA) is 21.3 Å². The normalized spacial score (nSPS) is 23.1. The predicted molar refractivity (Wildman–Crippen MR) is 88.3 cm³/mol. The largest absolute Gasteiger partial charge is 0.374 e. The van der Waals surface area contributed by atoms with Crippen LogP contribution in [0.5, 0.6) is 0 Å². The maximum absolute atomic E-state index is 6.08. The van der Waals surface area contributed by atoms with Crippen LogP contribution in [0, 0.1) is 0 Å². The van der Waals surface area contributed by atoms with Crippen molar-refractivity contribution >= 4 is 0 Å². The van der Waals surface area contributed by atoms with Gasteiger partial charge in [-0.3, -0.25) is 0 Å². The van der Waals surface area contributed by atoms with Gasteiger partial charge < -0.3 is 10.1 Å². The summed E-state index contributed by atoms with van der Waals surface area (Å²) in [5, 5.41) is 3.44. The molecule has 1 unspecified atom stereocenters. The molecule has 2 nitrogen and oxygen atoms in total. The summed E-state index contributed by atoms with van der Waals surface area (Å²) in [4.78, 5) is 0. The van der Waals surface area contributed by atoms with Crippen molar-refractivity contribution in [2.75, 3.05) is 19.7 Å². The summed E-state index contributed by atoms with van der Waals surface area (Å²) in [6, 6.07) is 0. The summed E-state index contributed by atoms with van der Waals surface area (Å²) in [6.07, 6.45) is 16.4. The SMILES string of the molecule is CCCCCCCCCCCCOC1(C)CCCNC1. The van der Waals surface area contributed by atoms with Crippen LogP contribution in [0.2, 0.25) is 0 Å². The fraction of sp³-hybridized carbons (Fsp3) is 1.00. The molecule has 1 atom stereocenters. The summed E-state index contributed by atoms with van der Waals surface area (Å²) in [5.74, 6) is 0. The molecule has 0 radical (unpaired) electrons. The van der Waals surface area contributed by atoms with Crippen LogP contribution in [-0.2, 0) is 4.74 Å². The number of piperidine rings is 1. The lowest BCUT2D eigenvalue weighted by Crippen LogP contribution is -2.45. The Morgan fingerprint density at radius 3 is 2.05 bits per heavy atom. The lowest BCUT2D eigenvalue weighted by Gasteiger charge is -2.34. The second-order valence-electron chi connectivity index (χ2n) is 6.76. The highest BCUT2D eigenvalue weighted by molar-refractivity contribution is 4.82. The molecule has 0 aromatic carbocycles. The van der Waals surface area contributed by atoms with Gasteiger partial charge in [-0.1, -0.05) is 64.7 Å². The Hall–Kier alpha value is -0.0800. The highest BCUT2D eigenvalue weighted by Gasteiger charge is 2.26. The summed E-state index contributed by atoms with van der Waals surface area (Å²) < 4.78 is 6.08. The van der Waals surface area contributed by atoms with E-state index >= 15 is 0 Å². The van der Waals surface area contributed by atoms with Gasteiger partial charge in [0.05, 0.1) is 5.60 Å². The molecule has 1 aliphatic heterocycles. The van der Waals surface area contributed by atoms with Crippen LogP contribution >= 0.6 is 0 Å². The van der Waals surface area contributed by atoms with E-state index < -0.39 is 0 Å². The Bertz CT molecular complexity index is 211. The van der Waals surface area contributed by atoms with Crippen molar-refractivity contribution in [3.63, 3.8) is 0 Å². The second kappa shape index (κ2) is 11.6. The molecule has 1 aliphatic rings. The van der Waals surface area contributed by atoms with E-state index in [4.69, 9.17) is 4.74 Å². The Balaban J connectivity index is 1.80. The van der Waals surface area contributed by atoms with Gasteiger partial charge in [0.1, 0.15) is 0 Å². The molecule has 0 spiro atoms. The molecule has 1 fully saturated rings. The number of nitrogens with one attached hydrogen (secondary N) is 1. The van der Waals surface area contributed by atoms with Crippen LogP contribution in [0.4, 0.5) is 0 Å². The predicted octanol–water partition coefficient (Wildman–Crippen LogP) is 5.07. The van der Waals surface area contributed by atoms with E-state index in [0.717, 1.165) is 19.7 Å². The Kier molecular flexibility index (Phi) is 10.4. The average Bonchev–Trinajstić information content (AvgIpc) is 2.45. The van der Waals surface area contributed by atoms with Crippen molar-refractivity contribution in [1.82, 2.24) is 5.32 Å². The highest BCUT2D eigenvalue weighted by Crippen LogP contribution is 2.20. The second-order valence-corrected chi connectivity index (χ2v) is 6.76. The number of hydrogen-bond acceptors (Lipinski definition) is 2. The first-order valence-electron chi connectivity index (χ1n) is 9.11. The molecular weight excluding hydrogens is 246 g/mol. The van der Waals surface area contributed by atoms with Crippen molar-refractivity contribution in [2.45, 2.75) is 96.5 Å². The maximum atomic E-state index is 6.08. The minimum atomic E-state index is 0.109. The summed E-state index contributed by atoms with van der Waals surface area (Å²) in [7, 11) is 0. The minimum absolute atomic E-state index is 0.109. The van der Waals surface area contributed by atoms with Crippen LogP contribution < -0.4 is 5.32 Å². The maximum Gasteiger partial charge on any atom is 0.0778 e. The number of hydrogen-bond donors (Lipinski definition) is 1. The number of ether oxygens (including phenoxy) is 1. The Labute approximate surface area is 127 Å². The van der Waals surface area contributed by atoms with Crippen LogP contribution in [0.25, 0.3) is 0 Å². The molecule has 120 valence electrons. The van der Waals surface area contributed by atoms with Gasteiger partial charge in [0.25, 0.3) is 0 Å². The van der Waals surface area contributed by atoms with E-state index in [-0.39, 0.29) is 5.60 Å². The van der Waals surface area contributed by atoms with Gasteiger partial charge in [-0.15, -0.1) is 0 Å². The number of rotatable bonds is 12. The van der Waals surface area contributed by atoms with Crippen LogP contribution in [0.1, 0.15) is 90.9 Å². The zero-order chi connectivity index (χ0) is 14.5. The first-order valence-corrected chi connectivity index (χ1v) is 9.11. The van der Waals surface area contributed by atoms with Gasteiger partial charge in [0.2, 0.25) is 0 Å². The quantitative estimate of drug-likeness (QED) is 0.505. The first-order chi connectivity index (χ1) is 9.77. The van der Waals surface area contributed by atoms with Gasteiger partial charge in [-0.2, -0.15) is 0 Å². The molecule has 0 saturated carbocycles. The van der Waals surface area contributed by atoms with Crippen molar-refractivity contribution in [3.05, 3.63) is 0 Å². The van der Waals surface area contributed by atoms with E-state index in [1.165, 1.54) is 77.0 Å². The molecule has 0 bridgehead atoms. The lowest BCUT2D eigenvalue weighted by molar-refractivity contribution is -0.0478. The molecule has 0 amide bonds. The Morgan fingerprint density at radius 1 is 0.900 bits per heavy atom.